The summed E-state index contributed by atoms with van der Waals surface area (Å²) in [5, 5.41) is 9.34. The second-order valence-electron chi connectivity index (χ2n) is 4.20. The molecule has 0 radical (unpaired) electrons. The number of phenols is 1. The largest absolute Gasteiger partial charge is 0.508 e. The van der Waals surface area contributed by atoms with Crippen LogP contribution in [0.2, 0.25) is 0 Å². The van der Waals surface area contributed by atoms with Gasteiger partial charge in [0.2, 0.25) is 0 Å². The number of pyridine rings is 1. The summed E-state index contributed by atoms with van der Waals surface area (Å²) >= 11 is 0. The fraction of sp³-hybridized carbons (Fsp3) is 0.0714. The SMILES string of the molecule is Nc1cccc2nc(COc3cccc(O)c3)cn12. The van der Waals surface area contributed by atoms with E-state index < -0.39 is 0 Å². The Morgan fingerprint density at radius 1 is 1.21 bits per heavy atom. The molecule has 0 saturated heterocycles. The Morgan fingerprint density at radius 3 is 2.84 bits per heavy atom. The Morgan fingerprint density at radius 2 is 2.05 bits per heavy atom. The predicted molar refractivity (Wildman–Crippen MR) is 72.0 cm³/mol. The van der Waals surface area contributed by atoms with Crippen LogP contribution in [-0.4, -0.2) is 14.5 Å². The highest BCUT2D eigenvalue weighted by Gasteiger charge is 2.04. The second-order valence-corrected chi connectivity index (χ2v) is 4.20. The van der Waals surface area contributed by atoms with Gasteiger partial charge in [0, 0.05) is 12.3 Å². The van der Waals surface area contributed by atoms with Crippen LogP contribution in [0.25, 0.3) is 5.65 Å². The summed E-state index contributed by atoms with van der Waals surface area (Å²) < 4.78 is 7.37. The molecule has 0 aliphatic carbocycles. The molecule has 5 heteroatoms. The van der Waals surface area contributed by atoms with E-state index in [4.69, 9.17) is 10.5 Å². The zero-order valence-electron chi connectivity index (χ0n) is 10.2. The molecular weight excluding hydrogens is 242 g/mol. The van der Waals surface area contributed by atoms with Crippen LogP contribution in [0, 0.1) is 0 Å². The number of anilines is 1. The monoisotopic (exact) mass is 255 g/mol. The van der Waals surface area contributed by atoms with Crippen LogP contribution >= 0.6 is 0 Å². The number of hydrogen-bond acceptors (Lipinski definition) is 4. The molecule has 0 atom stereocenters. The maximum atomic E-state index is 9.34. The van der Waals surface area contributed by atoms with E-state index >= 15 is 0 Å². The molecule has 0 amide bonds. The quantitative estimate of drug-likeness (QED) is 0.752. The summed E-state index contributed by atoms with van der Waals surface area (Å²) in [5.74, 6) is 1.41. The summed E-state index contributed by atoms with van der Waals surface area (Å²) in [4.78, 5) is 4.41. The van der Waals surface area contributed by atoms with Gasteiger partial charge in [0.1, 0.15) is 29.6 Å². The summed E-state index contributed by atoms with van der Waals surface area (Å²) in [5.41, 5.74) is 7.41. The fourth-order valence-electron chi connectivity index (χ4n) is 1.88. The van der Waals surface area contributed by atoms with Crippen molar-refractivity contribution in [2.24, 2.45) is 0 Å². The number of hydrogen-bond donors (Lipinski definition) is 2. The number of aromatic hydroxyl groups is 1. The number of benzene rings is 1. The lowest BCUT2D eigenvalue weighted by atomic mass is 10.3. The molecule has 19 heavy (non-hydrogen) atoms. The Kier molecular flexibility index (Phi) is 2.72. The number of nitrogens with two attached hydrogens (primary N) is 1. The first-order valence-electron chi connectivity index (χ1n) is 5.87. The summed E-state index contributed by atoms with van der Waals surface area (Å²) in [6.07, 6.45) is 1.84. The van der Waals surface area contributed by atoms with E-state index in [2.05, 4.69) is 4.98 Å². The molecule has 1 aromatic carbocycles. The minimum Gasteiger partial charge on any atom is -0.508 e. The number of nitrogens with zero attached hydrogens (tertiary/aromatic N) is 2. The highest BCUT2D eigenvalue weighted by Crippen LogP contribution is 2.19. The van der Waals surface area contributed by atoms with Crippen molar-refractivity contribution in [2.75, 3.05) is 5.73 Å². The summed E-state index contributed by atoms with van der Waals surface area (Å²) in [6, 6.07) is 12.2. The Bertz CT molecular complexity index is 722. The van der Waals surface area contributed by atoms with Gasteiger partial charge in [0.25, 0.3) is 0 Å². The maximum absolute atomic E-state index is 9.34. The van der Waals surface area contributed by atoms with Gasteiger partial charge in [-0.05, 0) is 24.3 Å². The number of ether oxygens (including phenoxy) is 1. The van der Waals surface area contributed by atoms with Crippen LogP contribution in [0.1, 0.15) is 5.69 Å². The third kappa shape index (κ3) is 2.30. The Balaban J connectivity index is 1.80. The molecule has 2 aromatic heterocycles. The van der Waals surface area contributed by atoms with Crippen molar-refractivity contribution in [3.05, 3.63) is 54.4 Å². The van der Waals surface area contributed by atoms with E-state index in [0.717, 1.165) is 11.3 Å². The Hall–Kier alpha value is -2.69. The molecular formula is C14H13N3O2. The molecule has 0 bridgehead atoms. The van der Waals surface area contributed by atoms with Crippen molar-refractivity contribution < 1.29 is 9.84 Å². The maximum Gasteiger partial charge on any atom is 0.138 e. The Labute approximate surface area is 109 Å². The van der Waals surface area contributed by atoms with Gasteiger partial charge in [0.15, 0.2) is 0 Å². The molecule has 2 heterocycles. The molecule has 0 spiro atoms. The predicted octanol–water partition coefficient (Wildman–Crippen LogP) is 2.20. The molecule has 0 fully saturated rings. The topological polar surface area (TPSA) is 72.8 Å². The van der Waals surface area contributed by atoms with Crippen LogP contribution in [0.15, 0.2) is 48.7 Å². The van der Waals surface area contributed by atoms with Gasteiger partial charge in [-0.15, -0.1) is 0 Å². The molecule has 0 aliphatic rings. The van der Waals surface area contributed by atoms with Gasteiger partial charge in [-0.1, -0.05) is 12.1 Å². The smallest absolute Gasteiger partial charge is 0.138 e. The van der Waals surface area contributed by atoms with E-state index in [1.165, 1.54) is 0 Å². The minimum atomic E-state index is 0.178. The molecule has 5 nitrogen and oxygen atoms in total. The van der Waals surface area contributed by atoms with Crippen molar-refractivity contribution in [1.82, 2.24) is 9.38 Å². The van der Waals surface area contributed by atoms with Crippen molar-refractivity contribution in [3.63, 3.8) is 0 Å². The number of imidazole rings is 1. The number of fused-ring (bicyclic) bond motifs is 1. The van der Waals surface area contributed by atoms with Crippen LogP contribution in [-0.2, 0) is 6.61 Å². The van der Waals surface area contributed by atoms with Crippen molar-refractivity contribution in [1.29, 1.82) is 0 Å². The van der Waals surface area contributed by atoms with E-state index in [1.54, 1.807) is 28.7 Å². The zero-order valence-corrected chi connectivity index (χ0v) is 10.2. The first kappa shape index (κ1) is 11.4. The van der Waals surface area contributed by atoms with E-state index in [9.17, 15) is 5.11 Å². The molecule has 0 saturated carbocycles. The first-order valence-corrected chi connectivity index (χ1v) is 5.87. The number of nitrogen functional groups attached to an aromatic ring is 1. The third-order valence-electron chi connectivity index (χ3n) is 2.78. The highest BCUT2D eigenvalue weighted by atomic mass is 16.5. The van der Waals surface area contributed by atoms with E-state index in [1.807, 2.05) is 24.4 Å². The lowest BCUT2D eigenvalue weighted by Gasteiger charge is -2.03. The summed E-state index contributed by atoms with van der Waals surface area (Å²) in [6.45, 7) is 0.324. The van der Waals surface area contributed by atoms with Crippen molar-refractivity contribution >= 4 is 11.5 Å². The average molecular weight is 255 g/mol. The van der Waals surface area contributed by atoms with Crippen molar-refractivity contribution in [2.45, 2.75) is 6.61 Å². The normalized spacial score (nSPS) is 10.7. The minimum absolute atomic E-state index is 0.178. The third-order valence-corrected chi connectivity index (χ3v) is 2.78. The van der Waals surface area contributed by atoms with Gasteiger partial charge in [-0.3, -0.25) is 4.40 Å². The molecule has 3 N–H and O–H groups in total. The average Bonchev–Trinajstić information content (AvgIpc) is 2.81. The van der Waals surface area contributed by atoms with Gasteiger partial charge in [-0.2, -0.15) is 0 Å². The number of phenolic OH excluding ortho intramolecular Hbond substituents is 1. The van der Waals surface area contributed by atoms with E-state index in [0.29, 0.717) is 18.2 Å². The number of rotatable bonds is 3. The highest BCUT2D eigenvalue weighted by molar-refractivity contribution is 5.48. The fourth-order valence-corrected chi connectivity index (χ4v) is 1.88. The summed E-state index contributed by atoms with van der Waals surface area (Å²) in [7, 11) is 0. The lowest BCUT2D eigenvalue weighted by molar-refractivity contribution is 0.300. The van der Waals surface area contributed by atoms with Gasteiger partial charge >= 0.3 is 0 Å². The first-order chi connectivity index (χ1) is 9.22. The van der Waals surface area contributed by atoms with Crippen LogP contribution in [0.4, 0.5) is 5.82 Å². The van der Waals surface area contributed by atoms with Crippen LogP contribution in [0.5, 0.6) is 11.5 Å². The zero-order chi connectivity index (χ0) is 13.2. The van der Waals surface area contributed by atoms with E-state index in [-0.39, 0.29) is 5.75 Å². The molecule has 0 aliphatic heterocycles. The molecule has 96 valence electrons. The second kappa shape index (κ2) is 4.53. The molecule has 0 unspecified atom stereocenters. The van der Waals surface area contributed by atoms with Crippen LogP contribution < -0.4 is 10.5 Å². The van der Waals surface area contributed by atoms with Crippen molar-refractivity contribution in [3.8, 4) is 11.5 Å². The van der Waals surface area contributed by atoms with Gasteiger partial charge < -0.3 is 15.6 Å². The molecule has 3 rings (SSSR count). The van der Waals surface area contributed by atoms with Gasteiger partial charge in [0.05, 0.1) is 5.69 Å². The van der Waals surface area contributed by atoms with Gasteiger partial charge in [-0.25, -0.2) is 4.98 Å². The standard InChI is InChI=1S/C14H13N3O2/c15-13-5-2-6-14-16-10(8-17(13)14)9-19-12-4-1-3-11(18)7-12/h1-8,18H,9,15H2. The molecule has 3 aromatic rings. The van der Waals surface area contributed by atoms with Crippen LogP contribution in [0.3, 0.4) is 0 Å². The lowest BCUT2D eigenvalue weighted by Crippen LogP contribution is -1.95. The number of aromatic nitrogens is 2.